The van der Waals surface area contributed by atoms with Crippen molar-refractivity contribution in [2.45, 2.75) is 19.4 Å². The zero-order valence-corrected chi connectivity index (χ0v) is 16.5. The second-order valence-corrected chi connectivity index (χ2v) is 6.06. The second-order valence-electron chi connectivity index (χ2n) is 5.62. The Hall–Kier alpha value is -1.79. The van der Waals surface area contributed by atoms with E-state index in [-0.39, 0.29) is 36.6 Å². The van der Waals surface area contributed by atoms with Crippen LogP contribution in [0.4, 0.5) is 5.82 Å². The molecule has 0 radical (unpaired) electrons. The minimum Gasteiger partial charge on any atom is -0.507 e. The van der Waals surface area contributed by atoms with Gasteiger partial charge in [0.25, 0.3) is 0 Å². The van der Waals surface area contributed by atoms with Crippen LogP contribution < -0.4 is 11.1 Å². The molecule has 8 heteroatoms. The number of para-hydroxylation sites is 1. The van der Waals surface area contributed by atoms with E-state index in [1.54, 1.807) is 12.1 Å². The summed E-state index contributed by atoms with van der Waals surface area (Å²) in [7, 11) is 0. The van der Waals surface area contributed by atoms with Gasteiger partial charge in [0, 0.05) is 23.0 Å². The normalized spacial score (nSPS) is 11.3. The first kappa shape index (κ1) is 22.3. The first-order chi connectivity index (χ1) is 11.6. The number of nitrogens with one attached hydrogen (secondary N) is 1. The van der Waals surface area contributed by atoms with Crippen molar-refractivity contribution in [2.75, 3.05) is 11.9 Å². The average molecular weight is 416 g/mol. The molecule has 4 N–H and O–H groups in total. The summed E-state index contributed by atoms with van der Waals surface area (Å²) in [6, 6.07) is 12.6. The second kappa shape index (κ2) is 9.78. The topological polar surface area (TPSA) is 84.1 Å². The predicted octanol–water partition coefficient (Wildman–Crippen LogP) is 4.65. The van der Waals surface area contributed by atoms with Crippen molar-refractivity contribution < 1.29 is 5.11 Å². The highest BCUT2D eigenvalue weighted by molar-refractivity contribution is 6.30. The van der Waals surface area contributed by atoms with Crippen molar-refractivity contribution >= 4 is 53.1 Å². The first-order valence-electron chi connectivity index (χ1n) is 7.83. The van der Waals surface area contributed by atoms with Gasteiger partial charge in [0.1, 0.15) is 11.6 Å². The highest BCUT2D eigenvalue weighted by Gasteiger charge is 2.13. The first-order valence-corrected chi connectivity index (χ1v) is 8.21. The van der Waals surface area contributed by atoms with Crippen LogP contribution in [0.3, 0.4) is 0 Å². The smallest absolute Gasteiger partial charge is 0.165 e. The van der Waals surface area contributed by atoms with Crippen LogP contribution in [0, 0.1) is 0 Å². The number of anilines is 1. The van der Waals surface area contributed by atoms with Gasteiger partial charge < -0.3 is 16.2 Å². The van der Waals surface area contributed by atoms with E-state index in [2.05, 4.69) is 15.3 Å². The Kier molecular flexibility index (Phi) is 8.37. The van der Waals surface area contributed by atoms with Gasteiger partial charge in [0.05, 0.1) is 11.1 Å². The molecule has 5 nitrogen and oxygen atoms in total. The molecule has 1 heterocycles. The molecular formula is C18H21Cl3N4O. The Morgan fingerprint density at radius 3 is 2.62 bits per heavy atom. The van der Waals surface area contributed by atoms with Gasteiger partial charge in [0.2, 0.25) is 0 Å². The Balaban J connectivity index is 0.00000169. The molecule has 0 aliphatic heterocycles. The van der Waals surface area contributed by atoms with E-state index in [4.69, 9.17) is 17.3 Å². The van der Waals surface area contributed by atoms with E-state index in [0.717, 1.165) is 17.3 Å². The number of fused-ring (bicyclic) bond motifs is 1. The summed E-state index contributed by atoms with van der Waals surface area (Å²) < 4.78 is 0. The highest BCUT2D eigenvalue weighted by Crippen LogP contribution is 2.32. The Morgan fingerprint density at radius 1 is 1.15 bits per heavy atom. The van der Waals surface area contributed by atoms with Gasteiger partial charge in [-0.25, -0.2) is 9.97 Å². The molecule has 0 saturated carbocycles. The maximum absolute atomic E-state index is 10.1. The van der Waals surface area contributed by atoms with Crippen LogP contribution in [0.1, 0.15) is 13.3 Å². The minimum absolute atomic E-state index is 0. The van der Waals surface area contributed by atoms with Gasteiger partial charge in [-0.05, 0) is 36.8 Å². The van der Waals surface area contributed by atoms with E-state index in [1.807, 2.05) is 31.2 Å². The van der Waals surface area contributed by atoms with Crippen LogP contribution in [0.15, 0.2) is 42.5 Å². The molecule has 0 fully saturated rings. The molecule has 0 spiro atoms. The number of hydrogen-bond donors (Lipinski definition) is 3. The SMILES string of the molecule is CC[C@@H](N)CNc1nc(-c2cc(Cl)ccc2O)nc2ccccc12.Cl.Cl. The van der Waals surface area contributed by atoms with Crippen LogP contribution >= 0.6 is 36.4 Å². The summed E-state index contributed by atoms with van der Waals surface area (Å²) in [6.45, 7) is 2.65. The molecule has 0 aliphatic rings. The summed E-state index contributed by atoms with van der Waals surface area (Å²) >= 11 is 6.05. The summed E-state index contributed by atoms with van der Waals surface area (Å²) in [6.07, 6.45) is 0.873. The quantitative estimate of drug-likeness (QED) is 0.565. The van der Waals surface area contributed by atoms with Crippen molar-refractivity contribution in [3.63, 3.8) is 0 Å². The van der Waals surface area contributed by atoms with Gasteiger partial charge >= 0.3 is 0 Å². The van der Waals surface area contributed by atoms with Crippen molar-refractivity contribution in [3.05, 3.63) is 47.5 Å². The molecule has 0 bridgehead atoms. The number of nitrogens with two attached hydrogens (primary N) is 1. The van der Waals surface area contributed by atoms with Gasteiger partial charge in [-0.1, -0.05) is 30.7 Å². The zero-order valence-electron chi connectivity index (χ0n) is 14.1. The molecule has 0 unspecified atom stereocenters. The number of rotatable bonds is 5. The summed E-state index contributed by atoms with van der Waals surface area (Å²) in [5, 5.41) is 14.8. The number of hydrogen-bond acceptors (Lipinski definition) is 5. The monoisotopic (exact) mass is 414 g/mol. The third kappa shape index (κ3) is 4.89. The molecule has 140 valence electrons. The van der Waals surface area contributed by atoms with Crippen LogP contribution in [0.5, 0.6) is 5.75 Å². The Morgan fingerprint density at radius 2 is 1.88 bits per heavy atom. The molecule has 3 aromatic rings. The number of benzene rings is 2. The van der Waals surface area contributed by atoms with E-state index >= 15 is 0 Å². The summed E-state index contributed by atoms with van der Waals surface area (Å²) in [4.78, 5) is 9.14. The van der Waals surface area contributed by atoms with E-state index in [9.17, 15) is 5.11 Å². The largest absolute Gasteiger partial charge is 0.507 e. The third-order valence-corrected chi connectivity index (χ3v) is 4.09. The molecule has 0 saturated heterocycles. The molecule has 2 aromatic carbocycles. The van der Waals surface area contributed by atoms with E-state index in [1.165, 1.54) is 6.07 Å². The maximum atomic E-state index is 10.1. The highest BCUT2D eigenvalue weighted by atomic mass is 35.5. The lowest BCUT2D eigenvalue weighted by atomic mass is 10.1. The number of nitrogens with zero attached hydrogens (tertiary/aromatic N) is 2. The molecule has 26 heavy (non-hydrogen) atoms. The van der Waals surface area contributed by atoms with Crippen molar-refractivity contribution in [3.8, 4) is 17.1 Å². The standard InChI is InChI=1S/C18H19ClN4O.2ClH/c1-2-12(20)10-21-17-13-5-3-4-6-15(13)22-18(23-17)14-9-11(19)7-8-16(14)24;;/h3-9,12,24H,2,10,20H2,1H3,(H,21,22,23);2*1H/t12-;;/m1../s1. The van der Waals surface area contributed by atoms with Gasteiger partial charge in [-0.15, -0.1) is 24.8 Å². The van der Waals surface area contributed by atoms with Crippen LogP contribution in [-0.4, -0.2) is 27.7 Å². The lowest BCUT2D eigenvalue weighted by Gasteiger charge is -2.14. The van der Waals surface area contributed by atoms with Crippen LogP contribution in [0.25, 0.3) is 22.3 Å². The fourth-order valence-corrected chi connectivity index (χ4v) is 2.56. The predicted molar refractivity (Wildman–Crippen MR) is 113 cm³/mol. The van der Waals surface area contributed by atoms with Crippen LogP contribution in [-0.2, 0) is 0 Å². The van der Waals surface area contributed by atoms with Crippen LogP contribution in [0.2, 0.25) is 5.02 Å². The van der Waals surface area contributed by atoms with E-state index in [0.29, 0.717) is 28.8 Å². The average Bonchev–Trinajstić information content (AvgIpc) is 2.61. The summed E-state index contributed by atoms with van der Waals surface area (Å²) in [5.41, 5.74) is 7.28. The number of phenols is 1. The molecule has 0 amide bonds. The van der Waals surface area contributed by atoms with Crippen molar-refractivity contribution in [1.29, 1.82) is 0 Å². The minimum atomic E-state index is 0. The number of phenolic OH excluding ortho intramolecular Hbond substituents is 1. The molecule has 1 atom stereocenters. The Labute approximate surface area is 169 Å². The van der Waals surface area contributed by atoms with Crippen molar-refractivity contribution in [2.24, 2.45) is 5.73 Å². The number of aromatic hydroxyl groups is 1. The fourth-order valence-electron chi connectivity index (χ4n) is 2.39. The maximum Gasteiger partial charge on any atom is 0.165 e. The van der Waals surface area contributed by atoms with Gasteiger partial charge in [-0.2, -0.15) is 0 Å². The molecule has 0 aliphatic carbocycles. The zero-order chi connectivity index (χ0) is 17.1. The van der Waals surface area contributed by atoms with Gasteiger partial charge in [-0.3, -0.25) is 0 Å². The number of aromatic nitrogens is 2. The molecule has 1 aromatic heterocycles. The lowest BCUT2D eigenvalue weighted by Crippen LogP contribution is -2.28. The Bertz CT molecular complexity index is 876. The van der Waals surface area contributed by atoms with Crippen molar-refractivity contribution in [1.82, 2.24) is 9.97 Å². The van der Waals surface area contributed by atoms with Gasteiger partial charge in [0.15, 0.2) is 5.82 Å². The molecular weight excluding hydrogens is 395 g/mol. The van der Waals surface area contributed by atoms with E-state index < -0.39 is 0 Å². The molecule has 3 rings (SSSR count). The summed E-state index contributed by atoms with van der Waals surface area (Å²) in [5.74, 6) is 1.20. The number of halogens is 3. The third-order valence-electron chi connectivity index (χ3n) is 3.86. The lowest BCUT2D eigenvalue weighted by molar-refractivity contribution is 0.477. The fraction of sp³-hybridized carbons (Fsp3) is 0.222.